The van der Waals surface area contributed by atoms with E-state index in [4.69, 9.17) is 9.47 Å². The predicted octanol–water partition coefficient (Wildman–Crippen LogP) is 2.19. The number of hydrogen-bond donors (Lipinski definition) is 0. The third-order valence-electron chi connectivity index (χ3n) is 3.64. The fourth-order valence-corrected chi connectivity index (χ4v) is 2.53. The molecule has 3 unspecified atom stereocenters. The molecule has 1 heterocycles. The van der Waals surface area contributed by atoms with Crippen LogP contribution in [0.1, 0.15) is 39.5 Å². The minimum Gasteiger partial charge on any atom is -0.378 e. The number of ether oxygens (including phenoxy) is 2. The minimum atomic E-state index is -0.127. The van der Waals surface area contributed by atoms with Crippen molar-refractivity contribution in [2.75, 3.05) is 13.7 Å². The molecular weight excluding hydrogens is 192 g/mol. The zero-order valence-corrected chi connectivity index (χ0v) is 9.99. The first-order chi connectivity index (χ1) is 7.24. The largest absolute Gasteiger partial charge is 0.378 e. The second-order valence-electron chi connectivity index (χ2n) is 4.24. The van der Waals surface area contributed by atoms with E-state index >= 15 is 0 Å². The normalized spacial score (nSPS) is 29.3. The standard InChI is InChI=1S/C12H22O3/c1-4-10(6-8-13)11(14-3)12(5-2)7-9-15-12/h8,10-11H,4-7,9H2,1-3H3. The SMILES string of the molecule is CCC(CC=O)C(OC)C1(CC)CCO1. The van der Waals surface area contributed by atoms with Gasteiger partial charge in [0.25, 0.3) is 0 Å². The maximum atomic E-state index is 10.6. The van der Waals surface area contributed by atoms with Crippen LogP contribution in [0.25, 0.3) is 0 Å². The van der Waals surface area contributed by atoms with Crippen molar-refractivity contribution in [2.45, 2.75) is 51.2 Å². The summed E-state index contributed by atoms with van der Waals surface area (Å²) >= 11 is 0. The van der Waals surface area contributed by atoms with Gasteiger partial charge < -0.3 is 14.3 Å². The summed E-state index contributed by atoms with van der Waals surface area (Å²) in [6.45, 7) is 5.05. The first-order valence-corrected chi connectivity index (χ1v) is 5.84. The van der Waals surface area contributed by atoms with Crippen LogP contribution in [0, 0.1) is 5.92 Å². The fourth-order valence-electron chi connectivity index (χ4n) is 2.53. The average Bonchev–Trinajstić information content (AvgIpc) is 2.20. The molecule has 0 amide bonds. The van der Waals surface area contributed by atoms with Crippen molar-refractivity contribution in [3.63, 3.8) is 0 Å². The van der Waals surface area contributed by atoms with Gasteiger partial charge >= 0.3 is 0 Å². The van der Waals surface area contributed by atoms with Crippen molar-refractivity contribution < 1.29 is 14.3 Å². The van der Waals surface area contributed by atoms with Crippen LogP contribution >= 0.6 is 0 Å². The molecule has 0 saturated carbocycles. The summed E-state index contributed by atoms with van der Waals surface area (Å²) in [5.74, 6) is 0.285. The topological polar surface area (TPSA) is 35.5 Å². The Kier molecular flexibility index (Phi) is 4.74. The van der Waals surface area contributed by atoms with Gasteiger partial charge in [-0.3, -0.25) is 0 Å². The quantitative estimate of drug-likeness (QED) is 0.609. The molecule has 1 aliphatic heterocycles. The summed E-state index contributed by atoms with van der Waals surface area (Å²) in [5.41, 5.74) is -0.127. The summed E-state index contributed by atoms with van der Waals surface area (Å²) in [6.07, 6.45) is 4.59. The molecule has 1 saturated heterocycles. The van der Waals surface area contributed by atoms with Crippen LogP contribution in [0.2, 0.25) is 0 Å². The van der Waals surface area contributed by atoms with E-state index in [2.05, 4.69) is 13.8 Å². The van der Waals surface area contributed by atoms with Crippen LogP contribution < -0.4 is 0 Å². The monoisotopic (exact) mass is 214 g/mol. The highest BCUT2D eigenvalue weighted by atomic mass is 16.6. The first kappa shape index (κ1) is 12.7. The number of carbonyl (C=O) groups is 1. The third-order valence-corrected chi connectivity index (χ3v) is 3.64. The molecule has 0 spiro atoms. The molecule has 3 nitrogen and oxygen atoms in total. The van der Waals surface area contributed by atoms with Crippen molar-refractivity contribution in [1.82, 2.24) is 0 Å². The summed E-state index contributed by atoms with van der Waals surface area (Å²) in [6, 6.07) is 0. The Morgan fingerprint density at radius 1 is 1.53 bits per heavy atom. The van der Waals surface area contributed by atoms with Gasteiger partial charge in [-0.2, -0.15) is 0 Å². The Bertz CT molecular complexity index is 194. The van der Waals surface area contributed by atoms with E-state index in [1.165, 1.54) is 0 Å². The van der Waals surface area contributed by atoms with Gasteiger partial charge in [0.15, 0.2) is 0 Å². The molecule has 0 radical (unpaired) electrons. The van der Waals surface area contributed by atoms with Gasteiger partial charge in [-0.25, -0.2) is 0 Å². The molecule has 1 fully saturated rings. The smallest absolute Gasteiger partial charge is 0.120 e. The van der Waals surface area contributed by atoms with Gasteiger partial charge in [0.1, 0.15) is 6.29 Å². The molecule has 1 rings (SSSR count). The number of rotatable bonds is 7. The molecule has 0 aliphatic carbocycles. The van der Waals surface area contributed by atoms with Gasteiger partial charge in [-0.1, -0.05) is 20.3 Å². The Morgan fingerprint density at radius 2 is 2.20 bits per heavy atom. The lowest BCUT2D eigenvalue weighted by molar-refractivity contribution is -0.226. The van der Waals surface area contributed by atoms with Crippen LogP contribution in [0.3, 0.4) is 0 Å². The zero-order chi connectivity index (χ0) is 11.3. The highest BCUT2D eigenvalue weighted by Gasteiger charge is 2.47. The zero-order valence-electron chi connectivity index (χ0n) is 9.99. The molecule has 3 atom stereocenters. The average molecular weight is 214 g/mol. The Labute approximate surface area is 92.1 Å². The van der Waals surface area contributed by atoms with Crippen molar-refractivity contribution in [2.24, 2.45) is 5.92 Å². The summed E-state index contributed by atoms with van der Waals surface area (Å²) in [5, 5.41) is 0. The van der Waals surface area contributed by atoms with Crippen LogP contribution in [0.15, 0.2) is 0 Å². The number of methoxy groups -OCH3 is 1. The second kappa shape index (κ2) is 5.61. The van der Waals surface area contributed by atoms with E-state index < -0.39 is 0 Å². The Morgan fingerprint density at radius 3 is 2.47 bits per heavy atom. The molecule has 15 heavy (non-hydrogen) atoms. The van der Waals surface area contributed by atoms with Crippen molar-refractivity contribution in [1.29, 1.82) is 0 Å². The molecule has 0 aromatic heterocycles. The van der Waals surface area contributed by atoms with E-state index in [9.17, 15) is 4.79 Å². The maximum absolute atomic E-state index is 10.6. The van der Waals surface area contributed by atoms with Crippen molar-refractivity contribution in [3.8, 4) is 0 Å². The molecule has 0 N–H and O–H groups in total. The van der Waals surface area contributed by atoms with Crippen LogP contribution in [0.5, 0.6) is 0 Å². The van der Waals surface area contributed by atoms with Gasteiger partial charge in [-0.15, -0.1) is 0 Å². The molecule has 88 valence electrons. The third kappa shape index (κ3) is 2.40. The summed E-state index contributed by atoms with van der Waals surface area (Å²) < 4.78 is 11.3. The number of carbonyl (C=O) groups excluding carboxylic acids is 1. The second-order valence-corrected chi connectivity index (χ2v) is 4.24. The maximum Gasteiger partial charge on any atom is 0.120 e. The number of hydrogen-bond acceptors (Lipinski definition) is 3. The van der Waals surface area contributed by atoms with E-state index in [1.807, 2.05) is 0 Å². The van der Waals surface area contributed by atoms with Crippen LogP contribution in [-0.4, -0.2) is 31.7 Å². The Balaban J connectivity index is 2.70. The van der Waals surface area contributed by atoms with Crippen molar-refractivity contribution in [3.05, 3.63) is 0 Å². The predicted molar refractivity (Wildman–Crippen MR) is 58.9 cm³/mol. The summed E-state index contributed by atoms with van der Waals surface area (Å²) in [7, 11) is 1.72. The molecule has 0 aromatic rings. The van der Waals surface area contributed by atoms with E-state index in [1.54, 1.807) is 7.11 Å². The van der Waals surface area contributed by atoms with Gasteiger partial charge in [0.2, 0.25) is 0 Å². The first-order valence-electron chi connectivity index (χ1n) is 5.84. The number of aldehydes is 1. The van der Waals surface area contributed by atoms with Crippen molar-refractivity contribution >= 4 is 6.29 Å². The Hall–Kier alpha value is -0.410. The molecule has 1 aliphatic rings. The molecule has 3 heteroatoms. The lowest BCUT2D eigenvalue weighted by Gasteiger charge is -2.48. The van der Waals surface area contributed by atoms with Gasteiger partial charge in [0, 0.05) is 20.0 Å². The fraction of sp³-hybridized carbons (Fsp3) is 0.917. The molecular formula is C12H22O3. The highest BCUT2D eigenvalue weighted by Crippen LogP contribution is 2.39. The van der Waals surface area contributed by atoms with E-state index in [0.29, 0.717) is 6.42 Å². The van der Waals surface area contributed by atoms with Crippen LogP contribution in [-0.2, 0) is 14.3 Å². The summed E-state index contributed by atoms with van der Waals surface area (Å²) in [4.78, 5) is 10.6. The lowest BCUT2D eigenvalue weighted by atomic mass is 9.77. The molecule has 0 bridgehead atoms. The van der Waals surface area contributed by atoms with Gasteiger partial charge in [0.05, 0.1) is 18.3 Å². The van der Waals surface area contributed by atoms with E-state index in [0.717, 1.165) is 32.2 Å². The van der Waals surface area contributed by atoms with E-state index in [-0.39, 0.29) is 17.6 Å². The van der Waals surface area contributed by atoms with Crippen LogP contribution in [0.4, 0.5) is 0 Å². The highest BCUT2D eigenvalue weighted by molar-refractivity contribution is 5.50. The minimum absolute atomic E-state index is 0.0615. The van der Waals surface area contributed by atoms with Gasteiger partial charge in [-0.05, 0) is 12.3 Å². The molecule has 0 aromatic carbocycles. The lowest BCUT2D eigenvalue weighted by Crippen LogP contribution is -2.56.